The fourth-order valence-electron chi connectivity index (χ4n) is 1.22. The lowest BCUT2D eigenvalue weighted by Crippen LogP contribution is -2.35. The molecule has 0 saturated heterocycles. The fraction of sp³-hybridized carbons (Fsp3) is 0.583. The average Bonchev–Trinajstić information content (AvgIpc) is 2.67. The lowest BCUT2D eigenvalue weighted by atomic mass is 9.97. The van der Waals surface area contributed by atoms with Crippen molar-refractivity contribution < 1.29 is 9.21 Å². The summed E-state index contributed by atoms with van der Waals surface area (Å²) in [5.41, 5.74) is 0.269. The van der Waals surface area contributed by atoms with Crippen LogP contribution in [0.2, 0.25) is 0 Å². The van der Waals surface area contributed by atoms with Gasteiger partial charge in [-0.1, -0.05) is 20.8 Å². The standard InChI is InChI=1S/C12H20N2O2.ClH/c1-12(2,3)9-13-6-7-14-11(15)10-5-4-8-16-10;/h4-5,8,13H,6-7,9H2,1-3H3,(H,14,15);1H. The number of hydrogen-bond acceptors (Lipinski definition) is 3. The van der Waals surface area contributed by atoms with E-state index in [-0.39, 0.29) is 23.7 Å². The summed E-state index contributed by atoms with van der Waals surface area (Å²) in [5, 5.41) is 6.06. The van der Waals surface area contributed by atoms with E-state index < -0.39 is 0 Å². The van der Waals surface area contributed by atoms with Crippen molar-refractivity contribution in [1.82, 2.24) is 10.6 Å². The van der Waals surface area contributed by atoms with Crippen molar-refractivity contribution in [2.45, 2.75) is 20.8 Å². The lowest BCUT2D eigenvalue weighted by Gasteiger charge is -2.18. The molecule has 5 heteroatoms. The van der Waals surface area contributed by atoms with Crippen LogP contribution in [-0.4, -0.2) is 25.5 Å². The first-order valence-corrected chi connectivity index (χ1v) is 5.51. The maximum absolute atomic E-state index is 11.4. The maximum atomic E-state index is 11.4. The van der Waals surface area contributed by atoms with E-state index in [1.165, 1.54) is 6.26 Å². The number of halogens is 1. The summed E-state index contributed by atoms with van der Waals surface area (Å²) in [7, 11) is 0. The zero-order chi connectivity index (χ0) is 12.0. The van der Waals surface area contributed by atoms with E-state index in [2.05, 4.69) is 31.4 Å². The van der Waals surface area contributed by atoms with Gasteiger partial charge >= 0.3 is 0 Å². The van der Waals surface area contributed by atoms with Crippen LogP contribution in [0.4, 0.5) is 0 Å². The first kappa shape index (κ1) is 16.0. The second kappa shape index (κ2) is 7.35. The Morgan fingerprint density at radius 1 is 1.35 bits per heavy atom. The minimum absolute atomic E-state index is 0. The molecule has 0 fully saturated rings. The molecular formula is C12H21ClN2O2. The first-order valence-electron chi connectivity index (χ1n) is 5.51. The number of carbonyl (C=O) groups is 1. The highest BCUT2D eigenvalue weighted by atomic mass is 35.5. The molecule has 0 atom stereocenters. The van der Waals surface area contributed by atoms with Crippen LogP contribution in [0.15, 0.2) is 22.8 Å². The normalized spacial score (nSPS) is 10.8. The van der Waals surface area contributed by atoms with E-state index in [4.69, 9.17) is 4.42 Å². The molecule has 0 aromatic carbocycles. The molecule has 17 heavy (non-hydrogen) atoms. The molecule has 2 N–H and O–H groups in total. The summed E-state index contributed by atoms with van der Waals surface area (Å²) < 4.78 is 4.97. The SMILES string of the molecule is CC(C)(C)CNCCNC(=O)c1ccco1.Cl. The minimum atomic E-state index is -0.164. The van der Waals surface area contributed by atoms with E-state index in [0.29, 0.717) is 12.3 Å². The molecule has 0 saturated carbocycles. The van der Waals surface area contributed by atoms with Gasteiger partial charge in [-0.3, -0.25) is 4.79 Å². The molecule has 0 bridgehead atoms. The van der Waals surface area contributed by atoms with Gasteiger partial charge in [0.2, 0.25) is 0 Å². The highest BCUT2D eigenvalue weighted by Crippen LogP contribution is 2.09. The third kappa shape index (κ3) is 7.02. The van der Waals surface area contributed by atoms with Crippen LogP contribution in [0, 0.1) is 5.41 Å². The van der Waals surface area contributed by atoms with Gasteiger partial charge in [-0.05, 0) is 17.5 Å². The Morgan fingerprint density at radius 2 is 2.06 bits per heavy atom. The van der Waals surface area contributed by atoms with Crippen LogP contribution in [0.1, 0.15) is 31.3 Å². The van der Waals surface area contributed by atoms with E-state index >= 15 is 0 Å². The molecule has 0 spiro atoms. The largest absolute Gasteiger partial charge is 0.459 e. The minimum Gasteiger partial charge on any atom is -0.459 e. The Bertz CT molecular complexity index is 318. The number of rotatable bonds is 5. The summed E-state index contributed by atoms with van der Waals surface area (Å²) in [6.07, 6.45) is 1.49. The third-order valence-corrected chi connectivity index (χ3v) is 1.99. The van der Waals surface area contributed by atoms with Gasteiger partial charge in [-0.25, -0.2) is 0 Å². The monoisotopic (exact) mass is 260 g/mol. The number of furan rings is 1. The van der Waals surface area contributed by atoms with Crippen molar-refractivity contribution in [2.75, 3.05) is 19.6 Å². The van der Waals surface area contributed by atoms with Crippen molar-refractivity contribution in [3.63, 3.8) is 0 Å². The van der Waals surface area contributed by atoms with Gasteiger partial charge in [0.1, 0.15) is 0 Å². The van der Waals surface area contributed by atoms with Crippen molar-refractivity contribution in [2.24, 2.45) is 5.41 Å². The van der Waals surface area contributed by atoms with Crippen LogP contribution in [0.25, 0.3) is 0 Å². The van der Waals surface area contributed by atoms with Gasteiger partial charge < -0.3 is 15.1 Å². The van der Waals surface area contributed by atoms with Crippen molar-refractivity contribution in [3.05, 3.63) is 24.2 Å². The van der Waals surface area contributed by atoms with Gasteiger partial charge in [-0.15, -0.1) is 12.4 Å². The first-order chi connectivity index (χ1) is 7.49. The smallest absolute Gasteiger partial charge is 0.287 e. The van der Waals surface area contributed by atoms with Gasteiger partial charge in [0.15, 0.2) is 5.76 Å². The molecular weight excluding hydrogens is 240 g/mol. The summed E-state index contributed by atoms with van der Waals surface area (Å²) in [5.74, 6) is 0.193. The highest BCUT2D eigenvalue weighted by molar-refractivity contribution is 5.91. The van der Waals surface area contributed by atoms with Crippen LogP contribution >= 0.6 is 12.4 Å². The molecule has 0 radical (unpaired) electrons. The van der Waals surface area contributed by atoms with Crippen LogP contribution < -0.4 is 10.6 Å². The van der Waals surface area contributed by atoms with Crippen molar-refractivity contribution in [1.29, 1.82) is 0 Å². The summed E-state index contributed by atoms with van der Waals surface area (Å²) in [6.45, 7) is 8.81. The van der Waals surface area contributed by atoms with E-state index in [0.717, 1.165) is 13.1 Å². The second-order valence-electron chi connectivity index (χ2n) is 4.97. The number of hydrogen-bond donors (Lipinski definition) is 2. The van der Waals surface area contributed by atoms with Gasteiger partial charge in [0, 0.05) is 19.6 Å². The van der Waals surface area contributed by atoms with Gasteiger partial charge in [0.05, 0.1) is 6.26 Å². The van der Waals surface area contributed by atoms with Crippen LogP contribution in [-0.2, 0) is 0 Å². The third-order valence-electron chi connectivity index (χ3n) is 1.99. The molecule has 98 valence electrons. The van der Waals surface area contributed by atoms with Crippen LogP contribution in [0.5, 0.6) is 0 Å². The van der Waals surface area contributed by atoms with Gasteiger partial charge in [-0.2, -0.15) is 0 Å². The average molecular weight is 261 g/mol. The molecule has 0 aliphatic heterocycles. The predicted octanol–water partition coefficient (Wildman–Crippen LogP) is 2.07. The molecule has 1 heterocycles. The van der Waals surface area contributed by atoms with Crippen molar-refractivity contribution in [3.8, 4) is 0 Å². The zero-order valence-corrected chi connectivity index (χ0v) is 11.4. The molecule has 0 aliphatic rings. The molecule has 1 amide bonds. The zero-order valence-electron chi connectivity index (χ0n) is 10.6. The lowest BCUT2D eigenvalue weighted by molar-refractivity contribution is 0.0926. The Balaban J connectivity index is 0.00000256. The summed E-state index contributed by atoms with van der Waals surface area (Å²) in [6, 6.07) is 3.35. The molecule has 1 aromatic rings. The molecule has 1 aromatic heterocycles. The molecule has 4 nitrogen and oxygen atoms in total. The molecule has 1 rings (SSSR count). The van der Waals surface area contributed by atoms with Crippen molar-refractivity contribution >= 4 is 18.3 Å². The number of nitrogens with one attached hydrogen (secondary N) is 2. The van der Waals surface area contributed by atoms with E-state index in [9.17, 15) is 4.79 Å². The van der Waals surface area contributed by atoms with Crippen LogP contribution in [0.3, 0.4) is 0 Å². The summed E-state index contributed by atoms with van der Waals surface area (Å²) in [4.78, 5) is 11.4. The van der Waals surface area contributed by atoms with Gasteiger partial charge in [0.25, 0.3) is 5.91 Å². The quantitative estimate of drug-likeness (QED) is 0.797. The Morgan fingerprint density at radius 3 is 2.59 bits per heavy atom. The Kier molecular flexibility index (Phi) is 6.92. The maximum Gasteiger partial charge on any atom is 0.287 e. The Labute approximate surface area is 109 Å². The second-order valence-corrected chi connectivity index (χ2v) is 4.97. The Hall–Kier alpha value is -1.00. The van der Waals surface area contributed by atoms with E-state index in [1.54, 1.807) is 12.1 Å². The fourth-order valence-corrected chi connectivity index (χ4v) is 1.22. The number of carbonyl (C=O) groups excluding carboxylic acids is 1. The predicted molar refractivity (Wildman–Crippen MR) is 70.6 cm³/mol. The molecule has 0 aliphatic carbocycles. The topological polar surface area (TPSA) is 54.3 Å². The molecule has 0 unspecified atom stereocenters. The highest BCUT2D eigenvalue weighted by Gasteiger charge is 2.09. The number of amides is 1. The summed E-state index contributed by atoms with van der Waals surface area (Å²) >= 11 is 0. The van der Waals surface area contributed by atoms with E-state index in [1.807, 2.05) is 0 Å².